The summed E-state index contributed by atoms with van der Waals surface area (Å²) in [6, 6.07) is 9.10. The van der Waals surface area contributed by atoms with Crippen LogP contribution in [0.25, 0.3) is 0 Å². The topological polar surface area (TPSA) is 85.5 Å². The zero-order chi connectivity index (χ0) is 19.5. The molecule has 0 bridgehead atoms. The number of rotatable bonds is 6. The van der Waals surface area contributed by atoms with Gasteiger partial charge in [-0.1, -0.05) is 19.1 Å². The first-order valence-corrected chi connectivity index (χ1v) is 10.6. The van der Waals surface area contributed by atoms with Crippen LogP contribution >= 0.6 is 0 Å². The molecule has 28 heavy (non-hydrogen) atoms. The van der Waals surface area contributed by atoms with Crippen LogP contribution in [0.3, 0.4) is 0 Å². The van der Waals surface area contributed by atoms with Gasteiger partial charge in [-0.2, -0.15) is 0 Å². The molecule has 2 saturated heterocycles. The maximum Gasteiger partial charge on any atom is 0.321 e. The second-order valence-corrected chi connectivity index (χ2v) is 8.28. The first-order chi connectivity index (χ1) is 13.6. The van der Waals surface area contributed by atoms with E-state index in [0.717, 1.165) is 56.4 Å². The molecule has 0 aromatic heterocycles. The highest BCUT2D eigenvalue weighted by Crippen LogP contribution is 2.26. The molecule has 3 atom stereocenters. The number of piperidine rings is 1. The monoisotopic (exact) mass is 385 g/mol. The van der Waals surface area contributed by atoms with Gasteiger partial charge in [0.05, 0.1) is 0 Å². The molecule has 3 aliphatic rings. The number of anilines is 1. The molecule has 0 radical (unpaired) electrons. The lowest BCUT2D eigenvalue weighted by Crippen LogP contribution is -2.49. The molecule has 7 nitrogen and oxygen atoms in total. The van der Waals surface area contributed by atoms with Gasteiger partial charge in [0.1, 0.15) is 0 Å². The lowest BCUT2D eigenvalue weighted by Gasteiger charge is -2.35. The number of amides is 3. The van der Waals surface area contributed by atoms with Crippen LogP contribution in [0, 0.1) is 5.92 Å². The van der Waals surface area contributed by atoms with Gasteiger partial charge in [0.25, 0.3) is 0 Å². The first-order valence-electron chi connectivity index (χ1n) is 10.6. The lowest BCUT2D eigenvalue weighted by atomic mass is 9.87. The van der Waals surface area contributed by atoms with Gasteiger partial charge in [-0.3, -0.25) is 15.6 Å². The van der Waals surface area contributed by atoms with Crippen molar-refractivity contribution < 1.29 is 9.59 Å². The molecule has 4 N–H and O–H groups in total. The highest BCUT2D eigenvalue weighted by Gasteiger charge is 2.40. The number of fused-ring (bicyclic) bond motifs is 1. The Labute approximate surface area is 166 Å². The van der Waals surface area contributed by atoms with Gasteiger partial charge in [-0.15, -0.1) is 0 Å². The SMILES string of the molecule is CCC1NNC2CCN(C(=O)Nc3ccc(CCC(=O)NC4CC4)cc3)CC12. The Morgan fingerprint density at radius 3 is 2.64 bits per heavy atom. The fraction of sp³-hybridized carbons (Fsp3) is 0.619. The third-order valence-electron chi connectivity index (χ3n) is 6.14. The number of aryl methyl sites for hydroxylation is 1. The summed E-state index contributed by atoms with van der Waals surface area (Å²) in [7, 11) is 0. The highest BCUT2D eigenvalue weighted by atomic mass is 16.2. The number of carbonyl (C=O) groups excluding carboxylic acids is 2. The molecule has 2 aliphatic heterocycles. The Hall–Kier alpha value is -2.12. The van der Waals surface area contributed by atoms with E-state index < -0.39 is 0 Å². The van der Waals surface area contributed by atoms with Gasteiger partial charge in [0.15, 0.2) is 0 Å². The number of urea groups is 1. The molecule has 3 fully saturated rings. The minimum atomic E-state index is -0.0308. The zero-order valence-electron chi connectivity index (χ0n) is 16.5. The van der Waals surface area contributed by atoms with E-state index in [1.165, 1.54) is 0 Å². The maximum atomic E-state index is 12.7. The summed E-state index contributed by atoms with van der Waals surface area (Å²) in [5, 5.41) is 6.03. The lowest BCUT2D eigenvalue weighted by molar-refractivity contribution is -0.121. The average Bonchev–Trinajstić information content (AvgIpc) is 3.42. The van der Waals surface area contributed by atoms with Crippen LogP contribution < -0.4 is 21.5 Å². The third kappa shape index (κ3) is 4.64. The summed E-state index contributed by atoms with van der Waals surface area (Å²) in [6.07, 6.45) is 5.50. The van der Waals surface area contributed by atoms with Gasteiger partial charge in [-0.25, -0.2) is 4.79 Å². The molecule has 152 valence electrons. The number of benzene rings is 1. The molecular weight excluding hydrogens is 354 g/mol. The van der Waals surface area contributed by atoms with Crippen molar-refractivity contribution in [1.82, 2.24) is 21.1 Å². The summed E-state index contributed by atoms with van der Waals surface area (Å²) in [5.41, 5.74) is 8.64. The Morgan fingerprint density at radius 2 is 1.93 bits per heavy atom. The maximum absolute atomic E-state index is 12.7. The van der Waals surface area contributed by atoms with Crippen molar-refractivity contribution in [3.63, 3.8) is 0 Å². The van der Waals surface area contributed by atoms with Gasteiger partial charge in [-0.05, 0) is 49.8 Å². The third-order valence-corrected chi connectivity index (χ3v) is 6.14. The van der Waals surface area contributed by atoms with E-state index in [-0.39, 0.29) is 11.9 Å². The second-order valence-electron chi connectivity index (χ2n) is 8.28. The van der Waals surface area contributed by atoms with Gasteiger partial charge in [0.2, 0.25) is 5.91 Å². The molecule has 0 spiro atoms. The van der Waals surface area contributed by atoms with E-state index in [4.69, 9.17) is 0 Å². The summed E-state index contributed by atoms with van der Waals surface area (Å²) < 4.78 is 0. The number of hydrogen-bond donors (Lipinski definition) is 4. The van der Waals surface area contributed by atoms with Crippen molar-refractivity contribution in [3.05, 3.63) is 29.8 Å². The molecule has 1 aromatic rings. The first kappa shape index (κ1) is 19.2. The minimum Gasteiger partial charge on any atom is -0.353 e. The van der Waals surface area contributed by atoms with Crippen LogP contribution in [0.1, 0.15) is 44.6 Å². The smallest absolute Gasteiger partial charge is 0.321 e. The Bertz CT molecular complexity index is 697. The van der Waals surface area contributed by atoms with Gasteiger partial charge >= 0.3 is 6.03 Å². The summed E-state index contributed by atoms with van der Waals surface area (Å²) in [6.45, 7) is 3.73. The molecule has 7 heteroatoms. The second kappa shape index (κ2) is 8.49. The van der Waals surface area contributed by atoms with Crippen molar-refractivity contribution in [1.29, 1.82) is 0 Å². The van der Waals surface area contributed by atoms with Crippen molar-refractivity contribution in [2.45, 2.75) is 63.6 Å². The number of hydrazine groups is 1. The molecular formula is C21H31N5O2. The van der Waals surface area contributed by atoms with Crippen LogP contribution in [0.4, 0.5) is 10.5 Å². The van der Waals surface area contributed by atoms with Crippen LogP contribution in [0.5, 0.6) is 0 Å². The fourth-order valence-electron chi connectivity index (χ4n) is 4.22. The van der Waals surface area contributed by atoms with E-state index in [0.29, 0.717) is 30.5 Å². The van der Waals surface area contributed by atoms with Crippen LogP contribution in [-0.2, 0) is 11.2 Å². The Morgan fingerprint density at radius 1 is 1.14 bits per heavy atom. The zero-order valence-corrected chi connectivity index (χ0v) is 16.5. The van der Waals surface area contributed by atoms with E-state index in [1.807, 2.05) is 29.2 Å². The van der Waals surface area contributed by atoms with Crippen LogP contribution in [0.2, 0.25) is 0 Å². The standard InChI is InChI=1S/C21H31N5O2/c1-2-18-17-13-26(12-11-19(17)25-24-18)21(28)23-16-6-3-14(4-7-16)5-10-20(27)22-15-8-9-15/h3-4,6-7,15,17-19,24-25H,2,5,8-13H2,1H3,(H,22,27)(H,23,28). The van der Waals surface area contributed by atoms with E-state index in [1.54, 1.807) is 0 Å². The largest absolute Gasteiger partial charge is 0.353 e. The Kier molecular flexibility index (Phi) is 5.82. The van der Waals surface area contributed by atoms with Crippen LogP contribution in [0.15, 0.2) is 24.3 Å². The molecule has 1 saturated carbocycles. The molecule has 3 amide bonds. The van der Waals surface area contributed by atoms with E-state index in [9.17, 15) is 9.59 Å². The van der Waals surface area contributed by atoms with Crippen molar-refractivity contribution in [2.24, 2.45) is 5.92 Å². The number of nitrogens with one attached hydrogen (secondary N) is 4. The highest BCUT2D eigenvalue weighted by molar-refractivity contribution is 5.89. The minimum absolute atomic E-state index is 0.0308. The molecule has 2 heterocycles. The number of hydrogen-bond acceptors (Lipinski definition) is 4. The van der Waals surface area contributed by atoms with Gasteiger partial charge < -0.3 is 15.5 Å². The number of likely N-dealkylation sites (tertiary alicyclic amines) is 1. The summed E-state index contributed by atoms with van der Waals surface area (Å²) >= 11 is 0. The molecule has 4 rings (SSSR count). The van der Waals surface area contributed by atoms with E-state index >= 15 is 0 Å². The summed E-state index contributed by atoms with van der Waals surface area (Å²) in [5.74, 6) is 0.596. The quantitative estimate of drug-likeness (QED) is 0.603. The van der Waals surface area contributed by atoms with Crippen molar-refractivity contribution >= 4 is 17.6 Å². The van der Waals surface area contributed by atoms with Crippen molar-refractivity contribution in [2.75, 3.05) is 18.4 Å². The predicted octanol–water partition coefficient (Wildman–Crippen LogP) is 2.01. The van der Waals surface area contributed by atoms with E-state index in [2.05, 4.69) is 28.4 Å². The average molecular weight is 386 g/mol. The fourth-order valence-corrected chi connectivity index (χ4v) is 4.22. The van der Waals surface area contributed by atoms with Crippen LogP contribution in [-0.4, -0.2) is 48.1 Å². The molecule has 3 unspecified atom stereocenters. The Balaban J connectivity index is 1.25. The van der Waals surface area contributed by atoms with Gasteiger partial charge in [0, 0.05) is 49.2 Å². The number of carbonyl (C=O) groups is 2. The normalized spacial score (nSPS) is 26.6. The molecule has 1 aliphatic carbocycles. The molecule has 1 aromatic carbocycles. The summed E-state index contributed by atoms with van der Waals surface area (Å²) in [4.78, 5) is 26.4. The predicted molar refractivity (Wildman–Crippen MR) is 109 cm³/mol. The number of nitrogens with zero attached hydrogens (tertiary/aromatic N) is 1. The van der Waals surface area contributed by atoms with Crippen molar-refractivity contribution in [3.8, 4) is 0 Å².